The van der Waals surface area contributed by atoms with E-state index in [1.165, 1.54) is 6.92 Å². The molecule has 18 atom stereocenters. The van der Waals surface area contributed by atoms with E-state index in [9.17, 15) is 50.4 Å². The maximum atomic E-state index is 12.9. The van der Waals surface area contributed by atoms with Gasteiger partial charge in [-0.2, -0.15) is 0 Å². The van der Waals surface area contributed by atoms with Crippen LogP contribution in [0.25, 0.3) is 0 Å². The third-order valence-corrected chi connectivity index (χ3v) is 16.2. The van der Waals surface area contributed by atoms with Crippen LogP contribution in [0.15, 0.2) is 11.6 Å². The van der Waals surface area contributed by atoms with Gasteiger partial charge in [-0.15, -0.1) is 0 Å². The Bertz CT molecular complexity index is 1470. The highest BCUT2D eigenvalue weighted by Gasteiger charge is 2.69. The Kier molecular flexibility index (Phi) is 11.9. The average Bonchev–Trinajstić information content (AvgIpc) is 3.12. The number of aliphatic hydroxyl groups excluding tert-OH is 7. The first-order valence-corrected chi connectivity index (χ1v) is 20.3. The summed E-state index contributed by atoms with van der Waals surface area (Å²) in [6, 6.07) is 0. The number of hydrogen-bond donors (Lipinski definition) is 8. The molecule has 0 unspecified atom stereocenters. The molecule has 14 heteroatoms. The fourth-order valence-corrected chi connectivity index (χ4v) is 12.2. The molecule has 6 aliphatic rings. The second-order valence-electron chi connectivity index (χ2n) is 19.3. The van der Waals surface area contributed by atoms with E-state index in [4.69, 9.17) is 18.9 Å². The van der Waals surface area contributed by atoms with Crippen molar-refractivity contribution in [3.05, 3.63) is 11.6 Å². The van der Waals surface area contributed by atoms with Gasteiger partial charge in [-0.05, 0) is 104 Å². The van der Waals surface area contributed by atoms with Crippen molar-refractivity contribution in [3.8, 4) is 0 Å². The summed E-state index contributed by atoms with van der Waals surface area (Å²) in [7, 11) is 0. The molecule has 2 aliphatic heterocycles. The first kappa shape index (κ1) is 43.0. The van der Waals surface area contributed by atoms with Crippen LogP contribution < -0.4 is 0 Å². The van der Waals surface area contributed by atoms with Gasteiger partial charge in [0.2, 0.25) is 0 Å². The second kappa shape index (κ2) is 15.2. The van der Waals surface area contributed by atoms with Gasteiger partial charge >= 0.3 is 5.97 Å². The minimum absolute atomic E-state index is 0.0428. The summed E-state index contributed by atoms with van der Waals surface area (Å²) in [6.07, 6.45) is -6.83. The fraction of sp³-hybridized carbons (Fsp3) is 0.902. The molecule has 8 N–H and O–H groups in total. The Labute approximate surface area is 324 Å². The van der Waals surface area contributed by atoms with Gasteiger partial charge in [-0.3, -0.25) is 9.59 Å². The molecule has 55 heavy (non-hydrogen) atoms. The number of ether oxygens (including phenoxy) is 4. The van der Waals surface area contributed by atoms with E-state index in [0.717, 1.165) is 24.8 Å². The molecule has 2 saturated heterocycles. The van der Waals surface area contributed by atoms with Crippen molar-refractivity contribution in [2.75, 3.05) is 13.2 Å². The Hall–Kier alpha value is -1.56. The van der Waals surface area contributed by atoms with Crippen LogP contribution in [-0.2, 0) is 28.5 Å². The molecule has 0 bridgehead atoms. The van der Waals surface area contributed by atoms with Crippen molar-refractivity contribution in [1.82, 2.24) is 0 Å². The lowest BCUT2D eigenvalue weighted by Gasteiger charge is -2.71. The zero-order valence-corrected chi connectivity index (χ0v) is 33.5. The molecule has 5 fully saturated rings. The van der Waals surface area contributed by atoms with Gasteiger partial charge in [-0.1, -0.05) is 47.6 Å². The molecule has 2 heterocycles. The Morgan fingerprint density at radius 3 is 2.20 bits per heavy atom. The topological polar surface area (TPSA) is 233 Å². The van der Waals surface area contributed by atoms with Gasteiger partial charge < -0.3 is 59.8 Å². The average molecular weight is 783 g/mol. The second-order valence-corrected chi connectivity index (χ2v) is 19.3. The van der Waals surface area contributed by atoms with Crippen molar-refractivity contribution in [2.24, 2.45) is 44.8 Å². The molecular weight excluding hydrogens is 716 g/mol. The van der Waals surface area contributed by atoms with Gasteiger partial charge in [0.15, 0.2) is 12.6 Å². The van der Waals surface area contributed by atoms with Crippen LogP contribution in [0.4, 0.5) is 0 Å². The summed E-state index contributed by atoms with van der Waals surface area (Å²) in [5.74, 6) is -0.790. The summed E-state index contributed by atoms with van der Waals surface area (Å²) in [5.41, 5.74) is -1.52. The van der Waals surface area contributed by atoms with E-state index < -0.39 is 90.2 Å². The number of carboxylic acids is 1. The molecule has 314 valence electrons. The van der Waals surface area contributed by atoms with Crippen molar-refractivity contribution in [3.63, 3.8) is 0 Å². The number of fused-ring (bicyclic) bond motifs is 5. The van der Waals surface area contributed by atoms with Crippen molar-refractivity contribution >= 4 is 11.8 Å². The van der Waals surface area contributed by atoms with Crippen LogP contribution in [0.3, 0.4) is 0 Å². The van der Waals surface area contributed by atoms with Crippen LogP contribution in [-0.4, -0.2) is 133 Å². The number of aliphatic carboxylic acids is 1. The maximum absolute atomic E-state index is 12.9. The molecule has 14 nitrogen and oxygen atoms in total. The molecule has 0 aromatic heterocycles. The number of rotatable bonds is 10. The van der Waals surface area contributed by atoms with Crippen LogP contribution >= 0.6 is 0 Å². The first-order chi connectivity index (χ1) is 25.6. The Balaban J connectivity index is 1.19. The smallest absolute Gasteiger partial charge is 0.313 e. The SMILES string of the molecule is CC(=O)[C@@H](C)CC[C@@]1(C(=O)O)C=C2[C@@H](O)C[C@@H]3[C@]4(C)CC[C@@H](O[C@H]5OC[C@H](O)[C@@H](O[C@H]6O[C@@H](CO)[C@H](O)[C@@H](O)[C@@H]6O)[C@@H]5O)C(C)(C)[C@H]4CC[C@@]3(C)[C@]2(C)CC1. The molecule has 0 radical (unpaired) electrons. The van der Waals surface area contributed by atoms with Crippen LogP contribution in [0, 0.1) is 44.8 Å². The van der Waals surface area contributed by atoms with Gasteiger partial charge in [0.1, 0.15) is 48.5 Å². The minimum Gasteiger partial charge on any atom is -0.481 e. The van der Waals surface area contributed by atoms with Crippen LogP contribution in [0.1, 0.15) is 106 Å². The molecule has 0 amide bonds. The van der Waals surface area contributed by atoms with E-state index in [2.05, 4.69) is 34.6 Å². The number of Topliss-reactive ketones (excluding diaryl/α,β-unsaturated/α-hetero) is 1. The zero-order chi connectivity index (χ0) is 40.6. The highest BCUT2D eigenvalue weighted by Crippen LogP contribution is 2.74. The minimum atomic E-state index is -1.71. The summed E-state index contributed by atoms with van der Waals surface area (Å²) >= 11 is 0. The van der Waals surface area contributed by atoms with Crippen molar-refractivity contribution in [1.29, 1.82) is 0 Å². The summed E-state index contributed by atoms with van der Waals surface area (Å²) in [4.78, 5) is 24.9. The van der Waals surface area contributed by atoms with E-state index in [1.54, 1.807) is 0 Å². The van der Waals surface area contributed by atoms with E-state index in [0.29, 0.717) is 38.5 Å². The third kappa shape index (κ3) is 6.96. The number of carbonyl (C=O) groups is 2. The van der Waals surface area contributed by atoms with E-state index >= 15 is 0 Å². The molecule has 6 rings (SSSR count). The molecule has 0 spiro atoms. The highest BCUT2D eigenvalue weighted by molar-refractivity contribution is 5.79. The Morgan fingerprint density at radius 2 is 1.56 bits per heavy atom. The lowest BCUT2D eigenvalue weighted by Crippen LogP contribution is -2.66. The van der Waals surface area contributed by atoms with Crippen LogP contribution in [0.2, 0.25) is 0 Å². The zero-order valence-electron chi connectivity index (χ0n) is 33.5. The molecule has 3 saturated carbocycles. The van der Waals surface area contributed by atoms with Gasteiger partial charge in [0, 0.05) is 5.92 Å². The van der Waals surface area contributed by atoms with Gasteiger partial charge in [0.25, 0.3) is 0 Å². The predicted molar refractivity (Wildman–Crippen MR) is 196 cm³/mol. The van der Waals surface area contributed by atoms with E-state index in [1.807, 2.05) is 13.0 Å². The lowest BCUT2D eigenvalue weighted by molar-refractivity contribution is -0.357. The number of ketones is 1. The number of carbonyl (C=O) groups excluding carboxylic acids is 1. The summed E-state index contributed by atoms with van der Waals surface area (Å²) in [6.45, 7) is 13.7. The largest absolute Gasteiger partial charge is 0.481 e. The summed E-state index contributed by atoms with van der Waals surface area (Å²) in [5, 5.41) is 85.3. The number of carboxylic acid groups (broad SMARTS) is 1. The van der Waals surface area contributed by atoms with E-state index in [-0.39, 0.29) is 47.1 Å². The normalized spacial score (nSPS) is 50.1. The molecule has 4 aliphatic carbocycles. The summed E-state index contributed by atoms with van der Waals surface area (Å²) < 4.78 is 23.7. The third-order valence-electron chi connectivity index (χ3n) is 16.2. The highest BCUT2D eigenvalue weighted by atomic mass is 16.7. The predicted octanol–water partition coefficient (Wildman–Crippen LogP) is 2.06. The van der Waals surface area contributed by atoms with Crippen LogP contribution in [0.5, 0.6) is 0 Å². The van der Waals surface area contributed by atoms with Gasteiger partial charge in [0.05, 0.1) is 30.8 Å². The van der Waals surface area contributed by atoms with Gasteiger partial charge in [-0.25, -0.2) is 0 Å². The quantitative estimate of drug-likeness (QED) is 0.117. The Morgan fingerprint density at radius 1 is 0.873 bits per heavy atom. The van der Waals surface area contributed by atoms with Crippen molar-refractivity contribution < 1.29 is 69.4 Å². The fourth-order valence-electron chi connectivity index (χ4n) is 12.2. The molecular formula is C41H66O14. The maximum Gasteiger partial charge on any atom is 0.313 e. The van der Waals surface area contributed by atoms with Crippen molar-refractivity contribution in [2.45, 2.75) is 174 Å². The lowest BCUT2D eigenvalue weighted by atomic mass is 9.34. The standard InChI is InChI=1S/C41H66O14/c1-20(21(2)43)8-13-41(36(50)51)15-14-39(6)22(17-41)23(44)16-27-38(5)11-10-28(37(3,4)26(38)9-12-40(27,39)7)54-34-32(49)33(24(45)19-52-34)55-35-31(48)30(47)29(46)25(18-42)53-35/h17,20,23-35,42,44-49H,8-16,18-19H2,1-7H3,(H,50,51)/t20-,23-,24-,25-,26+,27+,28+,29-,30+,31-,32-,33+,34+,35+,38+,39+,40+,41-/m0/s1. The molecule has 0 aromatic rings. The first-order valence-electron chi connectivity index (χ1n) is 20.3. The number of aliphatic hydroxyl groups is 7. The molecule has 0 aromatic carbocycles. The monoisotopic (exact) mass is 782 g/mol. The number of hydrogen-bond acceptors (Lipinski definition) is 13.